The van der Waals surface area contributed by atoms with Crippen LogP contribution in [0.3, 0.4) is 0 Å². The predicted octanol–water partition coefficient (Wildman–Crippen LogP) is 4.18. The summed E-state index contributed by atoms with van der Waals surface area (Å²) in [6.07, 6.45) is 0. The molecule has 0 bridgehead atoms. The van der Waals surface area contributed by atoms with Gasteiger partial charge in [-0.25, -0.2) is 4.98 Å². The van der Waals surface area contributed by atoms with Gasteiger partial charge in [-0.05, 0) is 51.5 Å². The number of ether oxygens (including phenoxy) is 1. The zero-order chi connectivity index (χ0) is 19.4. The fraction of sp³-hybridized carbons (Fsp3) is 0.364. The van der Waals surface area contributed by atoms with Crippen LogP contribution in [0, 0.1) is 13.8 Å². The Kier molecular flexibility index (Phi) is 5.91. The largest absolute Gasteiger partial charge is 0.380 e. The number of fused-ring (bicyclic) bond motifs is 1. The van der Waals surface area contributed by atoms with Gasteiger partial charge >= 0.3 is 0 Å². The average Bonchev–Trinajstić information content (AvgIpc) is 3.01. The molecule has 1 aromatic heterocycles. The van der Waals surface area contributed by atoms with Crippen molar-refractivity contribution in [3.63, 3.8) is 0 Å². The first-order valence-corrected chi connectivity index (χ1v) is 9.42. The maximum Gasteiger partial charge on any atom is 0.252 e. The topological polar surface area (TPSA) is 56.1 Å². The van der Waals surface area contributed by atoms with Gasteiger partial charge in [0.25, 0.3) is 5.91 Å². The first kappa shape index (κ1) is 19.1. The van der Waals surface area contributed by atoms with E-state index in [2.05, 4.69) is 16.0 Å². The van der Waals surface area contributed by atoms with E-state index >= 15 is 0 Å². The van der Waals surface area contributed by atoms with Crippen molar-refractivity contribution in [3.8, 4) is 0 Å². The number of carbonyl (C=O) groups is 1. The highest BCUT2D eigenvalue weighted by atomic mass is 16.5. The number of hydrogen-bond donors (Lipinski definition) is 1. The number of nitrogens with zero attached hydrogens (tertiary/aromatic N) is 2. The number of imidazole rings is 1. The molecule has 0 spiro atoms. The molecular weight excluding hydrogens is 338 g/mol. The van der Waals surface area contributed by atoms with E-state index in [0.29, 0.717) is 25.3 Å². The lowest BCUT2D eigenvalue weighted by Crippen LogP contribution is -2.29. The third-order valence-corrected chi connectivity index (χ3v) is 4.71. The van der Waals surface area contributed by atoms with Gasteiger partial charge in [0.2, 0.25) is 0 Å². The van der Waals surface area contributed by atoms with Crippen LogP contribution >= 0.6 is 0 Å². The second-order valence-electron chi connectivity index (χ2n) is 6.82. The molecule has 1 atom stereocenters. The second kappa shape index (κ2) is 8.35. The molecule has 1 heterocycles. The molecule has 0 aliphatic heterocycles. The molecule has 1 amide bonds. The lowest BCUT2D eigenvalue weighted by Gasteiger charge is -2.17. The molecule has 2 aromatic carbocycles. The fourth-order valence-corrected chi connectivity index (χ4v) is 3.37. The Hall–Kier alpha value is -2.66. The Balaban J connectivity index is 1.87. The monoisotopic (exact) mass is 365 g/mol. The van der Waals surface area contributed by atoms with Crippen molar-refractivity contribution < 1.29 is 9.53 Å². The van der Waals surface area contributed by atoms with Gasteiger partial charge in [-0.15, -0.1) is 0 Å². The summed E-state index contributed by atoms with van der Waals surface area (Å²) in [4.78, 5) is 17.5. The number of nitrogens with one attached hydrogen (secondary N) is 1. The maximum absolute atomic E-state index is 12.8. The molecule has 0 aliphatic carbocycles. The number of para-hydroxylation sites is 2. The maximum atomic E-state index is 12.8. The van der Waals surface area contributed by atoms with Gasteiger partial charge in [0.15, 0.2) is 0 Å². The summed E-state index contributed by atoms with van der Waals surface area (Å²) in [5.74, 6) is 0.762. The first-order chi connectivity index (χ1) is 13.0. The quantitative estimate of drug-likeness (QED) is 0.639. The number of carbonyl (C=O) groups excluding carboxylic acids is 1. The predicted molar refractivity (Wildman–Crippen MR) is 108 cm³/mol. The van der Waals surface area contributed by atoms with Crippen LogP contribution in [0.15, 0.2) is 42.5 Å². The number of aryl methyl sites for hydroxylation is 2. The van der Waals surface area contributed by atoms with Crippen molar-refractivity contribution in [2.75, 3.05) is 13.2 Å². The van der Waals surface area contributed by atoms with Gasteiger partial charge < -0.3 is 14.6 Å². The minimum absolute atomic E-state index is 0.0802. The highest BCUT2D eigenvalue weighted by Crippen LogP contribution is 2.21. The van der Waals surface area contributed by atoms with Gasteiger partial charge in [-0.3, -0.25) is 4.79 Å². The Bertz CT molecular complexity index is 946. The van der Waals surface area contributed by atoms with Gasteiger partial charge in [-0.2, -0.15) is 0 Å². The summed E-state index contributed by atoms with van der Waals surface area (Å²) in [6, 6.07) is 13.7. The van der Waals surface area contributed by atoms with E-state index in [4.69, 9.17) is 9.72 Å². The first-order valence-electron chi connectivity index (χ1n) is 9.42. The highest BCUT2D eigenvalue weighted by molar-refractivity contribution is 5.96. The summed E-state index contributed by atoms with van der Waals surface area (Å²) in [5, 5.41) is 3.10. The van der Waals surface area contributed by atoms with Crippen LogP contribution < -0.4 is 5.32 Å². The van der Waals surface area contributed by atoms with Crippen LogP contribution in [0.2, 0.25) is 0 Å². The third-order valence-electron chi connectivity index (χ3n) is 4.71. The van der Waals surface area contributed by atoms with Crippen molar-refractivity contribution in [2.24, 2.45) is 0 Å². The third kappa shape index (κ3) is 4.19. The second-order valence-corrected chi connectivity index (χ2v) is 6.82. The minimum Gasteiger partial charge on any atom is -0.380 e. The van der Waals surface area contributed by atoms with E-state index in [1.54, 1.807) is 0 Å². The van der Waals surface area contributed by atoms with E-state index in [0.717, 1.165) is 28.0 Å². The summed E-state index contributed by atoms with van der Waals surface area (Å²) in [6.45, 7) is 9.94. The van der Waals surface area contributed by atoms with Crippen LogP contribution in [-0.2, 0) is 11.3 Å². The van der Waals surface area contributed by atoms with Crippen LogP contribution in [0.5, 0.6) is 0 Å². The van der Waals surface area contributed by atoms with Crippen LogP contribution in [0.1, 0.15) is 47.2 Å². The molecule has 1 unspecified atom stereocenters. The Labute approximate surface area is 160 Å². The van der Waals surface area contributed by atoms with Gasteiger partial charge in [0.1, 0.15) is 5.82 Å². The zero-order valence-electron chi connectivity index (χ0n) is 16.5. The fourth-order valence-electron chi connectivity index (χ4n) is 3.37. The van der Waals surface area contributed by atoms with Crippen LogP contribution in [0.25, 0.3) is 11.0 Å². The number of aromatic nitrogens is 2. The number of benzene rings is 2. The van der Waals surface area contributed by atoms with E-state index in [9.17, 15) is 4.79 Å². The molecule has 0 saturated carbocycles. The summed E-state index contributed by atoms with van der Waals surface area (Å²) < 4.78 is 7.67. The lowest BCUT2D eigenvalue weighted by atomic mass is 10.0. The SMILES string of the molecule is CCOCCn1c(C(C)NC(=O)c2ccc(C)cc2C)nc2ccccc21. The molecule has 3 rings (SSSR count). The molecule has 3 aromatic rings. The average molecular weight is 365 g/mol. The summed E-state index contributed by atoms with van der Waals surface area (Å²) >= 11 is 0. The molecule has 5 nitrogen and oxygen atoms in total. The normalized spacial score (nSPS) is 12.3. The van der Waals surface area contributed by atoms with Crippen molar-refractivity contribution in [1.29, 1.82) is 0 Å². The summed E-state index contributed by atoms with van der Waals surface area (Å²) in [7, 11) is 0. The number of hydrogen-bond acceptors (Lipinski definition) is 3. The Morgan fingerprint density at radius 1 is 1.22 bits per heavy atom. The highest BCUT2D eigenvalue weighted by Gasteiger charge is 2.19. The Morgan fingerprint density at radius 2 is 2.00 bits per heavy atom. The molecule has 0 fully saturated rings. The molecule has 0 aliphatic rings. The van der Waals surface area contributed by atoms with Crippen molar-refractivity contribution >= 4 is 16.9 Å². The van der Waals surface area contributed by atoms with E-state index < -0.39 is 0 Å². The van der Waals surface area contributed by atoms with Crippen molar-refractivity contribution in [3.05, 3.63) is 65.0 Å². The standard InChI is InChI=1S/C22H27N3O2/c1-5-27-13-12-25-20-9-7-6-8-19(20)24-21(25)17(4)23-22(26)18-11-10-15(2)14-16(18)3/h6-11,14,17H,5,12-13H2,1-4H3,(H,23,26). The minimum atomic E-state index is -0.216. The smallest absolute Gasteiger partial charge is 0.252 e. The molecule has 1 N–H and O–H groups in total. The van der Waals surface area contributed by atoms with Crippen molar-refractivity contribution in [1.82, 2.24) is 14.9 Å². The van der Waals surface area contributed by atoms with E-state index in [-0.39, 0.29) is 11.9 Å². The van der Waals surface area contributed by atoms with Gasteiger partial charge in [-0.1, -0.05) is 29.8 Å². The molecule has 27 heavy (non-hydrogen) atoms. The van der Waals surface area contributed by atoms with Crippen LogP contribution in [-0.4, -0.2) is 28.7 Å². The van der Waals surface area contributed by atoms with Gasteiger partial charge in [0, 0.05) is 18.7 Å². The molecule has 0 radical (unpaired) electrons. The lowest BCUT2D eigenvalue weighted by molar-refractivity contribution is 0.0936. The van der Waals surface area contributed by atoms with E-state index in [1.807, 2.05) is 64.1 Å². The molecule has 142 valence electrons. The van der Waals surface area contributed by atoms with Gasteiger partial charge in [0.05, 0.1) is 23.7 Å². The van der Waals surface area contributed by atoms with E-state index in [1.165, 1.54) is 0 Å². The summed E-state index contributed by atoms with van der Waals surface area (Å²) in [5.41, 5.74) is 4.81. The number of rotatable bonds is 7. The van der Waals surface area contributed by atoms with Crippen LogP contribution in [0.4, 0.5) is 0 Å². The Morgan fingerprint density at radius 3 is 2.74 bits per heavy atom. The number of amides is 1. The van der Waals surface area contributed by atoms with Crippen molar-refractivity contribution in [2.45, 2.75) is 40.3 Å². The molecular formula is C22H27N3O2. The molecule has 0 saturated heterocycles. The zero-order valence-corrected chi connectivity index (χ0v) is 16.5. The molecule has 5 heteroatoms.